The molecule has 1 atom stereocenters. The van der Waals surface area contributed by atoms with Crippen LogP contribution < -0.4 is 10.6 Å². The molecule has 35 heavy (non-hydrogen) atoms. The van der Waals surface area contributed by atoms with E-state index in [0.717, 1.165) is 56.6 Å². The van der Waals surface area contributed by atoms with Crippen molar-refractivity contribution in [2.45, 2.75) is 25.7 Å². The summed E-state index contributed by atoms with van der Waals surface area (Å²) in [6.07, 6.45) is 1.15. The Hall–Kier alpha value is -3.43. The maximum absolute atomic E-state index is 13.5. The molecule has 0 spiro atoms. The summed E-state index contributed by atoms with van der Waals surface area (Å²) in [6.45, 7) is 8.33. The number of likely N-dealkylation sites (N-methyl/N-ethyl adjacent to an activating group) is 2. The lowest BCUT2D eigenvalue weighted by molar-refractivity contribution is -0.149. The minimum Gasteiger partial charge on any atom is -0.502 e. The maximum atomic E-state index is 13.5. The number of rotatable bonds is 7. The van der Waals surface area contributed by atoms with Crippen LogP contribution in [0.25, 0.3) is 0 Å². The van der Waals surface area contributed by atoms with Gasteiger partial charge in [-0.25, -0.2) is 4.39 Å². The second kappa shape index (κ2) is 10.5. The highest BCUT2D eigenvalue weighted by molar-refractivity contribution is 5.99. The van der Waals surface area contributed by atoms with Gasteiger partial charge >= 0.3 is 0 Å². The van der Waals surface area contributed by atoms with E-state index < -0.39 is 23.2 Å². The Morgan fingerprint density at radius 1 is 1.03 bits per heavy atom. The highest BCUT2D eigenvalue weighted by Crippen LogP contribution is 2.30. The van der Waals surface area contributed by atoms with Crippen LogP contribution in [0, 0.1) is 5.82 Å². The van der Waals surface area contributed by atoms with Gasteiger partial charge in [0, 0.05) is 58.1 Å². The van der Waals surface area contributed by atoms with E-state index in [0.29, 0.717) is 5.56 Å². The molecule has 9 heteroatoms. The number of hydrogen-bond acceptors (Lipinski definition) is 6. The molecular formula is C26H32FN5O3. The molecule has 2 amide bonds. The maximum Gasteiger partial charge on any atom is 0.292 e. The van der Waals surface area contributed by atoms with Crippen LogP contribution in [0.4, 0.5) is 4.39 Å². The normalized spacial score (nSPS) is 21.4. The molecule has 186 valence electrons. The first-order chi connectivity index (χ1) is 16.8. The Balaban J connectivity index is 1.54. The van der Waals surface area contributed by atoms with Crippen molar-refractivity contribution in [3.05, 3.63) is 83.0 Å². The van der Waals surface area contributed by atoms with Gasteiger partial charge in [-0.2, -0.15) is 0 Å². The first kappa shape index (κ1) is 24.7. The van der Waals surface area contributed by atoms with Crippen molar-refractivity contribution >= 4 is 11.8 Å². The number of aliphatic hydroxyl groups is 1. The second-order valence-electron chi connectivity index (χ2n) is 8.96. The van der Waals surface area contributed by atoms with E-state index in [9.17, 15) is 19.1 Å². The van der Waals surface area contributed by atoms with Gasteiger partial charge in [0.25, 0.3) is 11.8 Å². The third-order valence-corrected chi connectivity index (χ3v) is 6.83. The third kappa shape index (κ3) is 5.16. The van der Waals surface area contributed by atoms with Gasteiger partial charge in [-0.15, -0.1) is 0 Å². The van der Waals surface area contributed by atoms with Gasteiger partial charge in [0.05, 0.1) is 0 Å². The molecule has 2 heterocycles. The number of benzene rings is 2. The van der Waals surface area contributed by atoms with Gasteiger partial charge in [0.2, 0.25) is 5.66 Å². The van der Waals surface area contributed by atoms with E-state index in [1.807, 2.05) is 24.3 Å². The van der Waals surface area contributed by atoms with Crippen molar-refractivity contribution in [2.75, 3.05) is 39.8 Å². The number of amides is 2. The molecule has 0 aromatic heterocycles. The monoisotopic (exact) mass is 481 g/mol. The fourth-order valence-electron chi connectivity index (χ4n) is 4.57. The molecule has 3 N–H and O–H groups in total. The summed E-state index contributed by atoms with van der Waals surface area (Å²) in [5, 5.41) is 15.7. The topological polar surface area (TPSA) is 88.1 Å². The summed E-state index contributed by atoms with van der Waals surface area (Å²) in [4.78, 5) is 32.2. The number of halogens is 1. The lowest BCUT2D eigenvalue weighted by Gasteiger charge is -2.43. The highest BCUT2D eigenvalue weighted by Gasteiger charge is 2.49. The summed E-state index contributed by atoms with van der Waals surface area (Å²) in [5.41, 5.74) is 0.850. The zero-order valence-corrected chi connectivity index (χ0v) is 20.1. The van der Waals surface area contributed by atoms with Crippen LogP contribution in [0.3, 0.4) is 0 Å². The van der Waals surface area contributed by atoms with Crippen LogP contribution in [0.1, 0.15) is 23.6 Å². The first-order valence-electron chi connectivity index (χ1n) is 11.9. The predicted octanol–water partition coefficient (Wildman–Crippen LogP) is 1.89. The first-order valence-corrected chi connectivity index (χ1v) is 11.9. The molecule has 0 saturated carbocycles. The SMILES string of the molecule is CCN1CCN(Cc2ccc(C3(C(=O)NCc4ccc(F)cc4)NC=C(O)C(=O)N3C)cc2)CC1. The van der Waals surface area contributed by atoms with E-state index in [4.69, 9.17) is 0 Å². The molecule has 0 bridgehead atoms. The fraction of sp³-hybridized carbons (Fsp3) is 0.385. The lowest BCUT2D eigenvalue weighted by atomic mass is 9.93. The molecule has 1 unspecified atom stereocenters. The minimum atomic E-state index is -1.55. The van der Waals surface area contributed by atoms with Crippen LogP contribution in [0.5, 0.6) is 0 Å². The Labute approximate surface area is 205 Å². The molecule has 2 aliphatic heterocycles. The molecule has 4 rings (SSSR count). The van der Waals surface area contributed by atoms with Gasteiger partial charge in [0.1, 0.15) is 5.82 Å². The van der Waals surface area contributed by atoms with Gasteiger partial charge in [-0.3, -0.25) is 14.5 Å². The third-order valence-electron chi connectivity index (χ3n) is 6.83. The Kier molecular flexibility index (Phi) is 7.37. The standard InChI is InChI=1S/C26H32FN5O3/c1-3-31-12-14-32(15-13-31)18-20-4-8-21(9-5-20)26(29-17-23(33)24(34)30(26)2)25(35)28-16-19-6-10-22(27)11-7-19/h4-11,17,29,33H,3,12-16,18H2,1-2H3,(H,28,35). The van der Waals surface area contributed by atoms with Crippen molar-refractivity contribution in [3.8, 4) is 0 Å². The van der Waals surface area contributed by atoms with Gasteiger partial charge in [-0.1, -0.05) is 43.3 Å². The van der Waals surface area contributed by atoms with Gasteiger partial charge in [-0.05, 0) is 29.8 Å². The van der Waals surface area contributed by atoms with E-state index in [1.54, 1.807) is 12.1 Å². The lowest BCUT2D eigenvalue weighted by Crippen LogP contribution is -2.65. The van der Waals surface area contributed by atoms with Crippen molar-refractivity contribution in [2.24, 2.45) is 0 Å². The van der Waals surface area contributed by atoms with Crippen molar-refractivity contribution in [1.82, 2.24) is 25.3 Å². The van der Waals surface area contributed by atoms with Crippen LogP contribution >= 0.6 is 0 Å². The zero-order chi connectivity index (χ0) is 25.0. The molecular weight excluding hydrogens is 449 g/mol. The quantitative estimate of drug-likeness (QED) is 0.560. The largest absolute Gasteiger partial charge is 0.502 e. The molecule has 1 saturated heterocycles. The molecule has 2 aromatic rings. The van der Waals surface area contributed by atoms with E-state index in [-0.39, 0.29) is 12.4 Å². The number of aliphatic hydroxyl groups excluding tert-OH is 1. The van der Waals surface area contributed by atoms with Crippen molar-refractivity contribution < 1.29 is 19.1 Å². The van der Waals surface area contributed by atoms with E-state index in [2.05, 4.69) is 27.4 Å². The molecule has 1 fully saturated rings. The van der Waals surface area contributed by atoms with Gasteiger partial charge < -0.3 is 25.5 Å². The molecule has 0 radical (unpaired) electrons. The van der Waals surface area contributed by atoms with Gasteiger partial charge in [0.15, 0.2) is 5.76 Å². The zero-order valence-electron chi connectivity index (χ0n) is 20.1. The fourth-order valence-corrected chi connectivity index (χ4v) is 4.57. The average Bonchev–Trinajstić information content (AvgIpc) is 2.88. The summed E-state index contributed by atoms with van der Waals surface area (Å²) in [7, 11) is 1.47. The Morgan fingerprint density at radius 3 is 2.26 bits per heavy atom. The predicted molar refractivity (Wildman–Crippen MR) is 130 cm³/mol. The van der Waals surface area contributed by atoms with Crippen LogP contribution in [-0.4, -0.2) is 71.4 Å². The number of nitrogens with one attached hydrogen (secondary N) is 2. The molecule has 2 aromatic carbocycles. The number of nitrogens with zero attached hydrogens (tertiary/aromatic N) is 3. The smallest absolute Gasteiger partial charge is 0.292 e. The van der Waals surface area contributed by atoms with E-state index in [1.165, 1.54) is 24.1 Å². The van der Waals surface area contributed by atoms with Crippen molar-refractivity contribution in [3.63, 3.8) is 0 Å². The second-order valence-corrected chi connectivity index (χ2v) is 8.96. The average molecular weight is 482 g/mol. The summed E-state index contributed by atoms with van der Waals surface area (Å²) in [5.74, 6) is -1.97. The van der Waals surface area contributed by atoms with Crippen LogP contribution in [-0.2, 0) is 28.3 Å². The molecule has 8 nitrogen and oxygen atoms in total. The molecule has 0 aliphatic carbocycles. The summed E-state index contributed by atoms with van der Waals surface area (Å²) < 4.78 is 13.2. The molecule has 2 aliphatic rings. The van der Waals surface area contributed by atoms with Crippen molar-refractivity contribution in [1.29, 1.82) is 0 Å². The number of piperazine rings is 1. The number of carbonyl (C=O) groups is 2. The Bertz CT molecular complexity index is 1080. The summed E-state index contributed by atoms with van der Waals surface area (Å²) in [6, 6.07) is 13.4. The summed E-state index contributed by atoms with van der Waals surface area (Å²) >= 11 is 0. The van der Waals surface area contributed by atoms with E-state index >= 15 is 0 Å². The Morgan fingerprint density at radius 2 is 1.63 bits per heavy atom. The van der Waals surface area contributed by atoms with Crippen LogP contribution in [0.15, 0.2) is 60.5 Å². The highest BCUT2D eigenvalue weighted by atomic mass is 19.1. The number of hydrogen-bond donors (Lipinski definition) is 3. The van der Waals surface area contributed by atoms with Crippen LogP contribution in [0.2, 0.25) is 0 Å². The number of carbonyl (C=O) groups excluding carboxylic acids is 2. The minimum absolute atomic E-state index is 0.155.